The second kappa shape index (κ2) is 73.9. The fourth-order valence-corrected chi connectivity index (χ4v) is 14.1. The maximum Gasteiger partial charge on any atom is 0.472 e. The number of ether oxygens (including phenoxy) is 4. The summed E-state index contributed by atoms with van der Waals surface area (Å²) in [5.41, 5.74) is 0. The lowest BCUT2D eigenvalue weighted by Gasteiger charge is -2.21. The normalized spacial score (nSPS) is 14.1. The van der Waals surface area contributed by atoms with Gasteiger partial charge < -0.3 is 33.8 Å². The highest BCUT2D eigenvalue weighted by atomic mass is 31.2. The summed E-state index contributed by atoms with van der Waals surface area (Å²) < 4.78 is 68.7. The molecule has 0 aliphatic rings. The van der Waals surface area contributed by atoms with Crippen LogP contribution in [0.4, 0.5) is 0 Å². The molecule has 0 heterocycles. The Labute approximate surface area is 613 Å². The minimum Gasteiger partial charge on any atom is -0.462 e. The Balaban J connectivity index is 5.23. The van der Waals surface area contributed by atoms with Gasteiger partial charge in [0.2, 0.25) is 0 Å². The van der Waals surface area contributed by atoms with Crippen LogP contribution in [0.5, 0.6) is 0 Å². The SMILES string of the molecule is CCCCCCCCCCCCCCCCCCCCCC(=O)O[C@H](COC(=O)CCCCCCCCCCCCCCCCC(C)CC)COP(=O)(O)OC[C@@H](O)COP(=O)(O)OC[C@@H](COC(=O)CCCCCCCCCCCC)OC(=O)CCCCCCCCCCCCCCC. The van der Waals surface area contributed by atoms with E-state index in [0.29, 0.717) is 25.7 Å². The molecule has 0 aliphatic carbocycles. The van der Waals surface area contributed by atoms with Crippen molar-refractivity contribution in [1.29, 1.82) is 0 Å². The van der Waals surface area contributed by atoms with Gasteiger partial charge in [0.15, 0.2) is 12.2 Å². The van der Waals surface area contributed by atoms with Crippen LogP contribution < -0.4 is 0 Å². The average Bonchev–Trinajstić information content (AvgIpc) is 1.25. The molecule has 0 bridgehead atoms. The van der Waals surface area contributed by atoms with E-state index in [1.54, 1.807) is 0 Å². The summed E-state index contributed by atoms with van der Waals surface area (Å²) in [7, 11) is -9.92. The van der Waals surface area contributed by atoms with Gasteiger partial charge in [0.1, 0.15) is 19.3 Å². The highest BCUT2D eigenvalue weighted by Crippen LogP contribution is 2.45. The molecule has 19 heteroatoms. The van der Waals surface area contributed by atoms with Crippen LogP contribution in [0.3, 0.4) is 0 Å². The van der Waals surface area contributed by atoms with Crippen molar-refractivity contribution in [2.24, 2.45) is 5.92 Å². The summed E-state index contributed by atoms with van der Waals surface area (Å²) in [6.07, 6.45) is 65.1. The molecule has 0 aromatic rings. The van der Waals surface area contributed by atoms with E-state index in [1.807, 2.05) is 0 Å². The lowest BCUT2D eigenvalue weighted by Crippen LogP contribution is -2.30. The van der Waals surface area contributed by atoms with E-state index in [-0.39, 0.29) is 25.7 Å². The van der Waals surface area contributed by atoms with E-state index < -0.39 is 97.5 Å². The lowest BCUT2D eigenvalue weighted by atomic mass is 9.99. The molecule has 3 unspecified atom stereocenters. The summed E-state index contributed by atoms with van der Waals surface area (Å²) in [6, 6.07) is 0. The topological polar surface area (TPSA) is 237 Å². The van der Waals surface area contributed by atoms with E-state index >= 15 is 0 Å². The summed E-state index contributed by atoms with van der Waals surface area (Å²) >= 11 is 0. The predicted octanol–water partition coefficient (Wildman–Crippen LogP) is 24.4. The largest absolute Gasteiger partial charge is 0.472 e. The maximum absolute atomic E-state index is 13.1. The Morgan fingerprint density at radius 3 is 0.710 bits per heavy atom. The maximum atomic E-state index is 13.1. The smallest absolute Gasteiger partial charge is 0.462 e. The number of aliphatic hydroxyl groups is 1. The van der Waals surface area contributed by atoms with E-state index in [2.05, 4.69) is 34.6 Å². The van der Waals surface area contributed by atoms with E-state index in [1.165, 1.54) is 257 Å². The molecule has 6 atom stereocenters. The zero-order chi connectivity index (χ0) is 73.4. The van der Waals surface area contributed by atoms with E-state index in [4.69, 9.17) is 37.0 Å². The molecule has 0 rings (SSSR count). The standard InChI is InChI=1S/C81H158O17P2/c1-6-10-13-16-19-22-25-27-28-29-30-31-32-38-42-47-52-57-62-67-81(86)98-77(71-92-79(84)65-60-55-50-45-40-37-34-33-36-39-43-48-53-58-63-74(5)9-4)73-96-100(89,90)94-69-75(82)68-93-99(87,88)95-72-76(70-91-78(83)64-59-54-49-44-24-21-18-15-12-8-3)97-80(85)66-61-56-51-46-41-35-26-23-20-17-14-11-7-2/h74-77,82H,6-73H2,1-5H3,(H,87,88)(H,89,90)/t74?,75-,76+,77+/m0/s1. The van der Waals surface area contributed by atoms with Crippen molar-refractivity contribution in [3.05, 3.63) is 0 Å². The Morgan fingerprint density at radius 1 is 0.280 bits per heavy atom. The van der Waals surface area contributed by atoms with E-state index in [0.717, 1.165) is 95.8 Å². The number of hydrogen-bond donors (Lipinski definition) is 3. The molecule has 100 heavy (non-hydrogen) atoms. The van der Waals surface area contributed by atoms with Crippen molar-refractivity contribution in [1.82, 2.24) is 0 Å². The first kappa shape index (κ1) is 98.1. The Hall–Kier alpha value is -1.94. The number of phosphoric acid groups is 2. The fraction of sp³-hybridized carbons (Fsp3) is 0.951. The van der Waals surface area contributed by atoms with Crippen LogP contribution in [-0.2, 0) is 65.4 Å². The number of phosphoric ester groups is 2. The van der Waals surface area contributed by atoms with Gasteiger partial charge in [0.25, 0.3) is 0 Å². The van der Waals surface area contributed by atoms with Gasteiger partial charge in [-0.2, -0.15) is 0 Å². The highest BCUT2D eigenvalue weighted by Gasteiger charge is 2.30. The predicted molar refractivity (Wildman–Crippen MR) is 409 cm³/mol. The van der Waals surface area contributed by atoms with Gasteiger partial charge in [0.05, 0.1) is 26.4 Å². The second-order valence-corrected chi connectivity index (χ2v) is 32.3. The van der Waals surface area contributed by atoms with Gasteiger partial charge in [-0.3, -0.25) is 37.3 Å². The van der Waals surface area contributed by atoms with Gasteiger partial charge in [-0.1, -0.05) is 381 Å². The van der Waals surface area contributed by atoms with Crippen molar-refractivity contribution in [3.63, 3.8) is 0 Å². The lowest BCUT2D eigenvalue weighted by molar-refractivity contribution is -0.161. The molecular weight excluding hydrogens is 1310 g/mol. The number of carbonyl (C=O) groups is 4. The van der Waals surface area contributed by atoms with Crippen molar-refractivity contribution >= 4 is 39.5 Å². The van der Waals surface area contributed by atoms with Crippen molar-refractivity contribution in [2.75, 3.05) is 39.6 Å². The monoisotopic (exact) mass is 1470 g/mol. The van der Waals surface area contributed by atoms with Crippen LogP contribution in [-0.4, -0.2) is 96.7 Å². The van der Waals surface area contributed by atoms with Gasteiger partial charge in [-0.25, -0.2) is 9.13 Å². The van der Waals surface area contributed by atoms with Gasteiger partial charge >= 0.3 is 39.5 Å². The van der Waals surface area contributed by atoms with Crippen LogP contribution in [0, 0.1) is 5.92 Å². The molecule has 0 amide bonds. The molecule has 0 aromatic carbocycles. The number of unbranched alkanes of at least 4 members (excludes halogenated alkanes) is 52. The molecular formula is C81H158O17P2. The van der Waals surface area contributed by atoms with Crippen molar-refractivity contribution in [2.45, 2.75) is 451 Å². The first-order valence-corrected chi connectivity index (χ1v) is 45.2. The molecule has 0 radical (unpaired) electrons. The number of aliphatic hydroxyl groups excluding tert-OH is 1. The van der Waals surface area contributed by atoms with Gasteiger partial charge in [-0.15, -0.1) is 0 Å². The molecule has 0 aliphatic heterocycles. The van der Waals surface area contributed by atoms with Gasteiger partial charge in [-0.05, 0) is 31.6 Å². The minimum atomic E-state index is -4.96. The third kappa shape index (κ3) is 73.0. The van der Waals surface area contributed by atoms with Crippen LogP contribution in [0.1, 0.15) is 433 Å². The zero-order valence-electron chi connectivity index (χ0n) is 65.3. The summed E-state index contributed by atoms with van der Waals surface area (Å²) in [5, 5.41) is 10.6. The van der Waals surface area contributed by atoms with Crippen molar-refractivity contribution < 1.29 is 80.2 Å². The summed E-state index contributed by atoms with van der Waals surface area (Å²) in [5.74, 6) is -1.26. The molecule has 0 aromatic heterocycles. The zero-order valence-corrected chi connectivity index (χ0v) is 67.1. The Kier molecular flexibility index (Phi) is 72.5. The number of rotatable bonds is 81. The number of esters is 4. The first-order valence-electron chi connectivity index (χ1n) is 42.2. The molecule has 0 spiro atoms. The van der Waals surface area contributed by atoms with E-state index in [9.17, 15) is 43.2 Å². The third-order valence-electron chi connectivity index (χ3n) is 19.4. The third-order valence-corrected chi connectivity index (χ3v) is 21.3. The number of hydrogen-bond acceptors (Lipinski definition) is 15. The van der Waals surface area contributed by atoms with Crippen LogP contribution >= 0.6 is 15.6 Å². The first-order chi connectivity index (χ1) is 48.6. The average molecular weight is 1470 g/mol. The summed E-state index contributed by atoms with van der Waals surface area (Å²) in [4.78, 5) is 73.0. The Bertz CT molecular complexity index is 1910. The quantitative estimate of drug-likeness (QED) is 0.0222. The van der Waals surface area contributed by atoms with Crippen LogP contribution in [0.15, 0.2) is 0 Å². The highest BCUT2D eigenvalue weighted by molar-refractivity contribution is 7.47. The minimum absolute atomic E-state index is 0.108. The van der Waals surface area contributed by atoms with Crippen molar-refractivity contribution in [3.8, 4) is 0 Å². The molecule has 0 saturated heterocycles. The Morgan fingerprint density at radius 2 is 0.480 bits per heavy atom. The molecule has 594 valence electrons. The number of carbonyl (C=O) groups excluding carboxylic acids is 4. The molecule has 17 nitrogen and oxygen atoms in total. The summed E-state index contributed by atoms with van der Waals surface area (Å²) in [6.45, 7) is 7.38. The van der Waals surface area contributed by atoms with Crippen LogP contribution in [0.25, 0.3) is 0 Å². The molecule has 0 saturated carbocycles. The fourth-order valence-electron chi connectivity index (χ4n) is 12.6. The second-order valence-electron chi connectivity index (χ2n) is 29.4. The molecule has 0 fully saturated rings. The van der Waals surface area contributed by atoms with Crippen LogP contribution in [0.2, 0.25) is 0 Å². The molecule has 3 N–H and O–H groups in total. The van der Waals surface area contributed by atoms with Gasteiger partial charge in [0, 0.05) is 25.7 Å².